The summed E-state index contributed by atoms with van der Waals surface area (Å²) >= 11 is 0. The fraction of sp³-hybridized carbons (Fsp3) is 0.429. The minimum absolute atomic E-state index is 0.0636. The van der Waals surface area contributed by atoms with Gasteiger partial charge in [0.25, 0.3) is 5.91 Å². The van der Waals surface area contributed by atoms with E-state index >= 15 is 0 Å². The van der Waals surface area contributed by atoms with E-state index in [9.17, 15) is 14.9 Å². The number of aliphatic hydroxyl groups is 1. The van der Waals surface area contributed by atoms with E-state index in [1.54, 1.807) is 0 Å². The van der Waals surface area contributed by atoms with Crippen molar-refractivity contribution in [3.8, 4) is 0 Å². The number of hydrogen-bond acceptors (Lipinski definition) is 5. The molecule has 8 nitrogen and oxygen atoms in total. The summed E-state index contributed by atoms with van der Waals surface area (Å²) in [5, 5.41) is 23.0. The average Bonchev–Trinajstić information content (AvgIpc) is 2.46. The molecule has 1 heterocycles. The number of rotatable bonds is 4. The van der Waals surface area contributed by atoms with Crippen LogP contribution in [0.5, 0.6) is 0 Å². The molecule has 0 aromatic carbocycles. The van der Waals surface area contributed by atoms with E-state index in [2.05, 4.69) is 5.10 Å². The molecule has 82 valence electrons. The summed E-state index contributed by atoms with van der Waals surface area (Å²) in [5.74, 6) is -1.51. The van der Waals surface area contributed by atoms with Gasteiger partial charge < -0.3 is 21.0 Å². The molecule has 3 N–H and O–H groups in total. The van der Waals surface area contributed by atoms with Crippen molar-refractivity contribution in [1.82, 2.24) is 9.78 Å². The first-order chi connectivity index (χ1) is 6.91. The number of hydrogen-bond donors (Lipinski definition) is 2. The maximum atomic E-state index is 10.8. The fourth-order valence-electron chi connectivity index (χ4n) is 1.08. The molecule has 1 rings (SSSR count). The Hall–Kier alpha value is -1.96. The van der Waals surface area contributed by atoms with Gasteiger partial charge in [-0.2, -0.15) is 4.68 Å². The normalized spacial score (nSPS) is 12.4. The highest BCUT2D eigenvalue weighted by atomic mass is 16.6. The van der Waals surface area contributed by atoms with Gasteiger partial charge in [-0.1, -0.05) is 0 Å². The highest BCUT2D eigenvalue weighted by Gasteiger charge is 2.24. The second-order valence-electron chi connectivity index (χ2n) is 3.06. The zero-order valence-corrected chi connectivity index (χ0v) is 7.95. The third-order valence-corrected chi connectivity index (χ3v) is 1.63. The topological polar surface area (TPSA) is 124 Å². The van der Waals surface area contributed by atoms with Gasteiger partial charge in [-0.3, -0.25) is 4.79 Å². The number of nitro groups is 1. The molecule has 0 fully saturated rings. The minimum atomic E-state index is -0.918. The maximum absolute atomic E-state index is 10.8. The highest BCUT2D eigenvalue weighted by molar-refractivity contribution is 5.95. The van der Waals surface area contributed by atoms with Crippen molar-refractivity contribution in [3.63, 3.8) is 0 Å². The maximum Gasteiger partial charge on any atom is 0.402 e. The lowest BCUT2D eigenvalue weighted by molar-refractivity contribution is -0.390. The molecule has 1 unspecified atom stereocenters. The van der Waals surface area contributed by atoms with Gasteiger partial charge in [0.15, 0.2) is 5.56 Å². The van der Waals surface area contributed by atoms with Gasteiger partial charge in [0.2, 0.25) is 0 Å². The fourth-order valence-corrected chi connectivity index (χ4v) is 1.08. The predicted molar refractivity (Wildman–Crippen MR) is 49.1 cm³/mol. The van der Waals surface area contributed by atoms with E-state index in [1.807, 2.05) is 0 Å². The van der Waals surface area contributed by atoms with Gasteiger partial charge >= 0.3 is 5.82 Å². The van der Waals surface area contributed by atoms with E-state index in [-0.39, 0.29) is 12.1 Å². The first-order valence-electron chi connectivity index (χ1n) is 4.11. The third kappa shape index (κ3) is 2.50. The quantitative estimate of drug-likeness (QED) is 0.505. The van der Waals surface area contributed by atoms with Gasteiger partial charge in [-0.25, -0.2) is 0 Å². The lowest BCUT2D eigenvalue weighted by Gasteiger charge is -1.98. The number of carbonyl (C=O) groups is 1. The average molecular weight is 214 g/mol. The Morgan fingerprint density at radius 1 is 1.87 bits per heavy atom. The Balaban J connectivity index is 3.09. The highest BCUT2D eigenvalue weighted by Crippen LogP contribution is 2.14. The van der Waals surface area contributed by atoms with E-state index < -0.39 is 22.8 Å². The molecule has 15 heavy (non-hydrogen) atoms. The number of amides is 1. The predicted octanol–water partition coefficient (Wildman–Crippen LogP) is -0.729. The summed E-state index contributed by atoms with van der Waals surface area (Å²) < 4.78 is 1.11. The van der Waals surface area contributed by atoms with E-state index in [4.69, 9.17) is 10.8 Å². The molecule has 1 aromatic rings. The SMILES string of the molecule is CC(O)Cn1cc(C(N)=O)c([N+](=O)[O-])n1. The largest absolute Gasteiger partial charge is 0.402 e. The third-order valence-electron chi connectivity index (χ3n) is 1.63. The zero-order valence-electron chi connectivity index (χ0n) is 7.95. The Bertz CT molecular complexity index is 366. The summed E-state index contributed by atoms with van der Waals surface area (Å²) in [4.78, 5) is 20.5. The smallest absolute Gasteiger partial charge is 0.391 e. The van der Waals surface area contributed by atoms with Crippen molar-refractivity contribution < 1.29 is 14.8 Å². The Kier molecular flexibility index (Phi) is 3.00. The van der Waals surface area contributed by atoms with Crippen LogP contribution in [0.15, 0.2) is 6.20 Å². The molecule has 0 radical (unpaired) electrons. The summed E-state index contributed by atoms with van der Waals surface area (Å²) in [6.07, 6.45) is 0.429. The zero-order chi connectivity index (χ0) is 11.6. The summed E-state index contributed by atoms with van der Waals surface area (Å²) in [7, 11) is 0. The van der Waals surface area contributed by atoms with Gasteiger partial charge in [0, 0.05) is 0 Å². The van der Waals surface area contributed by atoms with Crippen LogP contribution in [-0.4, -0.2) is 31.8 Å². The Morgan fingerprint density at radius 2 is 2.47 bits per heavy atom. The van der Waals surface area contributed by atoms with Crippen LogP contribution >= 0.6 is 0 Å². The number of nitrogens with two attached hydrogens (primary N) is 1. The van der Waals surface area contributed by atoms with Gasteiger partial charge in [0.05, 0.1) is 23.9 Å². The van der Waals surface area contributed by atoms with Crippen LogP contribution in [-0.2, 0) is 6.54 Å². The minimum Gasteiger partial charge on any atom is -0.391 e. The first kappa shape index (κ1) is 11.1. The van der Waals surface area contributed by atoms with Crippen LogP contribution in [0.4, 0.5) is 5.82 Å². The molecule has 0 bridgehead atoms. The molecular formula is C7H10N4O4. The van der Waals surface area contributed by atoms with Crippen LogP contribution < -0.4 is 5.73 Å². The Labute approximate surface area is 84.4 Å². The van der Waals surface area contributed by atoms with Gasteiger partial charge in [-0.05, 0) is 11.8 Å². The molecule has 0 saturated heterocycles. The molecule has 1 aromatic heterocycles. The van der Waals surface area contributed by atoms with Crippen LogP contribution in [0.25, 0.3) is 0 Å². The number of carbonyl (C=O) groups excluding carboxylic acids is 1. The molecular weight excluding hydrogens is 204 g/mol. The van der Waals surface area contributed by atoms with Crippen molar-refractivity contribution in [2.24, 2.45) is 5.73 Å². The molecule has 0 aliphatic heterocycles. The van der Waals surface area contributed by atoms with Crippen LogP contribution in [0.2, 0.25) is 0 Å². The molecule has 1 amide bonds. The molecule has 1 atom stereocenters. The Morgan fingerprint density at radius 3 is 2.80 bits per heavy atom. The monoisotopic (exact) mass is 214 g/mol. The van der Waals surface area contributed by atoms with E-state index in [0.717, 1.165) is 10.9 Å². The van der Waals surface area contributed by atoms with E-state index in [0.29, 0.717) is 0 Å². The molecule has 8 heteroatoms. The number of nitrogens with zero attached hydrogens (tertiary/aromatic N) is 3. The first-order valence-corrected chi connectivity index (χ1v) is 4.11. The summed E-state index contributed by atoms with van der Waals surface area (Å²) in [6.45, 7) is 1.56. The molecule has 0 spiro atoms. The second kappa shape index (κ2) is 4.05. The number of primary amides is 1. The number of aromatic nitrogens is 2. The van der Waals surface area contributed by atoms with E-state index in [1.165, 1.54) is 6.92 Å². The van der Waals surface area contributed by atoms with Crippen molar-refractivity contribution in [3.05, 3.63) is 21.9 Å². The van der Waals surface area contributed by atoms with Crippen molar-refractivity contribution in [2.45, 2.75) is 19.6 Å². The van der Waals surface area contributed by atoms with Crippen molar-refractivity contribution in [2.75, 3.05) is 0 Å². The summed E-state index contributed by atoms with van der Waals surface area (Å²) in [6, 6.07) is 0. The van der Waals surface area contributed by atoms with Crippen LogP contribution in [0.1, 0.15) is 17.3 Å². The van der Waals surface area contributed by atoms with Gasteiger partial charge in [0.1, 0.15) is 0 Å². The van der Waals surface area contributed by atoms with Crippen molar-refractivity contribution >= 4 is 11.7 Å². The standard InChI is InChI=1S/C7H10N4O4/c1-4(12)2-10-3-5(6(8)13)7(9-10)11(14)15/h3-4,12H,2H2,1H3,(H2,8,13). The summed E-state index contributed by atoms with van der Waals surface area (Å²) in [5.41, 5.74) is 4.67. The van der Waals surface area contributed by atoms with Gasteiger partial charge in [-0.15, -0.1) is 0 Å². The molecule has 0 aliphatic rings. The van der Waals surface area contributed by atoms with Crippen LogP contribution in [0, 0.1) is 10.1 Å². The molecule has 0 saturated carbocycles. The van der Waals surface area contributed by atoms with Crippen LogP contribution in [0.3, 0.4) is 0 Å². The second-order valence-corrected chi connectivity index (χ2v) is 3.06. The van der Waals surface area contributed by atoms with Crippen molar-refractivity contribution in [1.29, 1.82) is 0 Å². The number of aliphatic hydroxyl groups excluding tert-OH is 1. The molecule has 0 aliphatic carbocycles. The lowest BCUT2D eigenvalue weighted by atomic mass is 10.3. The lowest BCUT2D eigenvalue weighted by Crippen LogP contribution is -2.13.